The Balaban J connectivity index is 1.57. The molecule has 4 rings (SSSR count). The van der Waals surface area contributed by atoms with Gasteiger partial charge in [-0.05, 0) is 48.2 Å². The van der Waals surface area contributed by atoms with Crippen molar-refractivity contribution in [3.05, 3.63) is 42.0 Å². The molecule has 0 saturated heterocycles. The third kappa shape index (κ3) is 4.62. The smallest absolute Gasteiger partial charge is 0.257 e. The van der Waals surface area contributed by atoms with E-state index in [1.807, 2.05) is 4.90 Å². The van der Waals surface area contributed by atoms with Crippen LogP contribution in [0.2, 0.25) is 0 Å². The van der Waals surface area contributed by atoms with Gasteiger partial charge in [0.2, 0.25) is 10.0 Å². The van der Waals surface area contributed by atoms with Gasteiger partial charge >= 0.3 is 0 Å². The maximum atomic E-state index is 12.8. The molecule has 2 aliphatic heterocycles. The summed E-state index contributed by atoms with van der Waals surface area (Å²) in [5.41, 5.74) is 1.74. The molecule has 2 aliphatic rings. The normalized spacial score (nSPS) is 16.7. The van der Waals surface area contributed by atoms with Crippen LogP contribution in [0, 0.1) is 0 Å². The summed E-state index contributed by atoms with van der Waals surface area (Å²) >= 11 is 1.20. The maximum Gasteiger partial charge on any atom is 0.257 e. The van der Waals surface area contributed by atoms with Crippen molar-refractivity contribution in [3.8, 4) is 5.75 Å². The summed E-state index contributed by atoms with van der Waals surface area (Å²) in [6.45, 7) is 0.314. The standard InChI is InChI=1S/C18H18N4O6S3/c1-28-15-6-4-12(10-13(15)20-30(2,24)25)19-17(23)11-3-5-14-16(9-11)29-18-21-31(26,27)8-7-22(14)18/h3-6,9-10,20H,7-8H2,1-2H3,(H,19,23). The van der Waals surface area contributed by atoms with Crippen LogP contribution < -0.4 is 19.7 Å². The minimum absolute atomic E-state index is 0.0555. The van der Waals surface area contributed by atoms with Gasteiger partial charge in [-0.2, -0.15) is 0 Å². The van der Waals surface area contributed by atoms with Crippen LogP contribution in [0.1, 0.15) is 10.4 Å². The molecule has 2 N–H and O–H groups in total. The molecule has 0 bridgehead atoms. The number of sulfonamides is 2. The Hall–Kier alpha value is -2.77. The Morgan fingerprint density at radius 1 is 1.23 bits per heavy atom. The topological polar surface area (TPSA) is 134 Å². The Labute approximate surface area is 183 Å². The van der Waals surface area contributed by atoms with Gasteiger partial charge in [-0.15, -0.1) is 4.40 Å². The highest BCUT2D eigenvalue weighted by atomic mass is 32.2. The lowest BCUT2D eigenvalue weighted by molar-refractivity contribution is 0.102. The zero-order valence-electron chi connectivity index (χ0n) is 16.4. The van der Waals surface area contributed by atoms with E-state index in [1.165, 1.54) is 31.0 Å². The van der Waals surface area contributed by atoms with Crippen LogP contribution in [0.5, 0.6) is 5.75 Å². The van der Waals surface area contributed by atoms with Crippen molar-refractivity contribution in [2.45, 2.75) is 4.90 Å². The molecule has 2 aromatic carbocycles. The van der Waals surface area contributed by atoms with Crippen LogP contribution in [0.3, 0.4) is 0 Å². The Bertz CT molecular complexity index is 1320. The number of hydrogen-bond acceptors (Lipinski definition) is 8. The number of thioether (sulfide) groups is 1. The molecule has 0 atom stereocenters. The Morgan fingerprint density at radius 3 is 2.71 bits per heavy atom. The number of rotatable bonds is 5. The Kier molecular flexibility index (Phi) is 5.35. The van der Waals surface area contributed by atoms with Crippen LogP contribution in [-0.2, 0) is 20.0 Å². The monoisotopic (exact) mass is 482 g/mol. The predicted octanol–water partition coefficient (Wildman–Crippen LogP) is 1.93. The van der Waals surface area contributed by atoms with Crippen molar-refractivity contribution < 1.29 is 26.4 Å². The molecule has 13 heteroatoms. The fourth-order valence-corrected chi connectivity index (χ4v) is 6.00. The van der Waals surface area contributed by atoms with Crippen molar-refractivity contribution in [1.82, 2.24) is 0 Å². The largest absolute Gasteiger partial charge is 0.495 e. The van der Waals surface area contributed by atoms with Gasteiger partial charge in [0.05, 0.1) is 30.5 Å². The number of carbonyl (C=O) groups is 1. The number of nitrogens with zero attached hydrogens (tertiary/aromatic N) is 2. The average molecular weight is 483 g/mol. The van der Waals surface area contributed by atoms with Gasteiger partial charge in [0.1, 0.15) is 5.75 Å². The lowest BCUT2D eigenvalue weighted by Crippen LogP contribution is -2.35. The third-order valence-corrected chi connectivity index (χ3v) is 7.38. The SMILES string of the molecule is COc1ccc(NC(=O)c2ccc3c(c2)SC2=NS(=O)(=O)CCN23)cc1NS(C)(=O)=O. The fraction of sp³-hybridized carbons (Fsp3) is 0.222. The predicted molar refractivity (Wildman–Crippen MR) is 120 cm³/mol. The summed E-state index contributed by atoms with van der Waals surface area (Å²) in [6.07, 6.45) is 1.02. The number of methoxy groups -OCH3 is 1. The molecule has 1 amide bonds. The van der Waals surface area contributed by atoms with Crippen molar-refractivity contribution in [2.75, 3.05) is 40.6 Å². The molecule has 164 valence electrons. The van der Waals surface area contributed by atoms with Gasteiger partial charge in [0.15, 0.2) is 5.17 Å². The molecule has 2 aromatic rings. The molecule has 31 heavy (non-hydrogen) atoms. The van der Waals surface area contributed by atoms with Crippen LogP contribution in [-0.4, -0.2) is 53.6 Å². The van der Waals surface area contributed by atoms with E-state index in [-0.39, 0.29) is 11.4 Å². The van der Waals surface area contributed by atoms with Gasteiger partial charge in [0.25, 0.3) is 15.9 Å². The average Bonchev–Trinajstić information content (AvgIpc) is 3.02. The molecule has 0 unspecified atom stereocenters. The molecular weight excluding hydrogens is 464 g/mol. The first-order chi connectivity index (χ1) is 14.5. The number of ether oxygens (including phenoxy) is 1. The highest BCUT2D eigenvalue weighted by molar-refractivity contribution is 8.15. The first kappa shape index (κ1) is 21.5. The second kappa shape index (κ2) is 7.73. The third-order valence-electron chi connectivity index (χ3n) is 4.49. The highest BCUT2D eigenvalue weighted by Gasteiger charge is 2.33. The summed E-state index contributed by atoms with van der Waals surface area (Å²) in [6, 6.07) is 9.65. The Morgan fingerprint density at radius 2 is 2.00 bits per heavy atom. The molecule has 10 nitrogen and oxygen atoms in total. The van der Waals surface area contributed by atoms with Gasteiger partial charge in [-0.3, -0.25) is 9.52 Å². The van der Waals surface area contributed by atoms with E-state index < -0.39 is 26.0 Å². The number of amidine groups is 1. The maximum absolute atomic E-state index is 12.8. The number of nitrogens with one attached hydrogen (secondary N) is 2. The second-order valence-electron chi connectivity index (χ2n) is 6.84. The fourth-order valence-electron chi connectivity index (χ4n) is 3.14. The van der Waals surface area contributed by atoms with Gasteiger partial charge in [-0.25, -0.2) is 16.8 Å². The number of carbonyl (C=O) groups excluding carboxylic acids is 1. The molecule has 0 radical (unpaired) electrons. The van der Waals surface area contributed by atoms with Crippen LogP contribution in [0.15, 0.2) is 45.7 Å². The van der Waals surface area contributed by atoms with E-state index in [1.54, 1.807) is 24.3 Å². The number of hydrogen-bond donors (Lipinski definition) is 2. The first-order valence-corrected chi connectivity index (χ1v) is 13.3. The molecule has 0 aliphatic carbocycles. The van der Waals surface area contributed by atoms with E-state index in [2.05, 4.69) is 14.4 Å². The lowest BCUT2D eigenvalue weighted by atomic mass is 10.1. The molecule has 0 saturated carbocycles. The van der Waals surface area contributed by atoms with E-state index in [0.29, 0.717) is 28.7 Å². The molecule has 2 heterocycles. The van der Waals surface area contributed by atoms with Gasteiger partial charge < -0.3 is 15.0 Å². The summed E-state index contributed by atoms with van der Waals surface area (Å²) in [5, 5.41) is 3.10. The molecular formula is C18H18N4O6S3. The zero-order valence-corrected chi connectivity index (χ0v) is 18.9. The van der Waals surface area contributed by atoms with E-state index >= 15 is 0 Å². The number of benzene rings is 2. The summed E-state index contributed by atoms with van der Waals surface area (Å²) in [7, 11) is -5.59. The van der Waals surface area contributed by atoms with Crippen LogP contribution >= 0.6 is 11.8 Å². The molecule has 0 aromatic heterocycles. The molecule has 0 fully saturated rings. The molecule has 0 spiro atoms. The lowest BCUT2D eigenvalue weighted by Gasteiger charge is -2.22. The van der Waals surface area contributed by atoms with Crippen molar-refractivity contribution in [3.63, 3.8) is 0 Å². The number of fused-ring (bicyclic) bond motifs is 3. The summed E-state index contributed by atoms with van der Waals surface area (Å²) < 4.78 is 57.9. The van der Waals surface area contributed by atoms with Crippen molar-refractivity contribution in [1.29, 1.82) is 0 Å². The van der Waals surface area contributed by atoms with Crippen LogP contribution in [0.4, 0.5) is 17.1 Å². The number of anilines is 3. The first-order valence-electron chi connectivity index (χ1n) is 8.94. The highest BCUT2D eigenvalue weighted by Crippen LogP contribution is 2.42. The van der Waals surface area contributed by atoms with E-state index in [4.69, 9.17) is 4.74 Å². The van der Waals surface area contributed by atoms with Gasteiger partial charge in [0, 0.05) is 22.7 Å². The minimum Gasteiger partial charge on any atom is -0.495 e. The second-order valence-corrected chi connectivity index (χ2v) is 11.4. The number of amides is 1. The van der Waals surface area contributed by atoms with Crippen molar-refractivity contribution >= 4 is 59.9 Å². The minimum atomic E-state index is -3.54. The van der Waals surface area contributed by atoms with Crippen LogP contribution in [0.25, 0.3) is 0 Å². The van der Waals surface area contributed by atoms with E-state index in [9.17, 15) is 21.6 Å². The summed E-state index contributed by atoms with van der Waals surface area (Å²) in [4.78, 5) is 15.3. The quantitative estimate of drug-likeness (QED) is 0.660. The van der Waals surface area contributed by atoms with Crippen molar-refractivity contribution in [2.24, 2.45) is 4.40 Å². The summed E-state index contributed by atoms with van der Waals surface area (Å²) in [5.74, 6) is -0.150. The van der Waals surface area contributed by atoms with E-state index in [0.717, 1.165) is 16.8 Å². The van der Waals surface area contributed by atoms with Gasteiger partial charge in [-0.1, -0.05) is 0 Å². The zero-order chi connectivity index (χ0) is 22.4.